The highest BCUT2D eigenvalue weighted by Crippen LogP contribution is 2.21. The Morgan fingerprint density at radius 2 is 1.88 bits per heavy atom. The molecule has 1 N–H and O–H groups in total. The van der Waals surface area contributed by atoms with Crippen molar-refractivity contribution in [3.8, 4) is 6.07 Å². The molecule has 33 heavy (non-hydrogen) atoms. The molecule has 3 aliphatic heterocycles. The van der Waals surface area contributed by atoms with Gasteiger partial charge in [0.1, 0.15) is 5.82 Å². The maximum absolute atomic E-state index is 14.6. The Morgan fingerprint density at radius 3 is 2.58 bits per heavy atom. The molecule has 8 heteroatoms. The number of carbonyl (C=O) groups excluding carboxylic acids is 1. The first kappa shape index (κ1) is 21.1. The highest BCUT2D eigenvalue weighted by Gasteiger charge is 2.33. The number of likely N-dealkylation sites (N-methyl/N-ethyl adjacent to an activating group) is 1. The fraction of sp³-hybridized carbons (Fsp3) is 0.240. The Morgan fingerprint density at radius 1 is 1.12 bits per heavy atom. The molecule has 0 radical (unpaired) electrons. The summed E-state index contributed by atoms with van der Waals surface area (Å²) in [5.74, 6) is 0.439. The predicted molar refractivity (Wildman–Crippen MR) is 124 cm³/mol. The molecule has 0 aliphatic carbocycles. The molecule has 2 aromatic rings. The number of amidine groups is 1. The second kappa shape index (κ2) is 8.62. The summed E-state index contributed by atoms with van der Waals surface area (Å²) in [6, 6.07) is 14.1. The average Bonchev–Trinajstić information content (AvgIpc) is 3.27. The van der Waals surface area contributed by atoms with Gasteiger partial charge in [0, 0.05) is 49.7 Å². The molecule has 1 saturated heterocycles. The number of halogens is 1. The molecule has 3 aliphatic rings. The van der Waals surface area contributed by atoms with Crippen LogP contribution in [0.15, 0.2) is 65.9 Å². The number of aliphatic imine (C=N–C) groups is 1. The minimum Gasteiger partial charge on any atom is -0.336 e. The standard InChI is InChI=1S/C25H23FN6O/c1-29-10-12-30(13-11-29)25(33)19-3-5-20(6-4-19)31-9-8-24-28-16-23(32(24)17-31)21-7-2-18(15-27)14-22(21)26/h2-9,14,16H,10-13,17H2,1H3/p+1. The molecule has 1 amide bonds. The van der Waals surface area contributed by atoms with Gasteiger partial charge in [0.2, 0.25) is 5.84 Å². The molecule has 1 unspecified atom stereocenters. The highest BCUT2D eigenvalue weighted by molar-refractivity contribution is 5.95. The van der Waals surface area contributed by atoms with Crippen molar-refractivity contribution < 1.29 is 14.1 Å². The van der Waals surface area contributed by atoms with E-state index in [2.05, 4.69) is 21.8 Å². The van der Waals surface area contributed by atoms with Crippen molar-refractivity contribution >= 4 is 23.1 Å². The normalized spacial score (nSPS) is 20.2. The maximum atomic E-state index is 14.6. The van der Waals surface area contributed by atoms with E-state index < -0.39 is 5.82 Å². The van der Waals surface area contributed by atoms with E-state index in [1.54, 1.807) is 18.3 Å². The van der Waals surface area contributed by atoms with Gasteiger partial charge in [-0.15, -0.1) is 0 Å². The maximum Gasteiger partial charge on any atom is 0.253 e. The number of nitrogens with zero attached hydrogens (tertiary/aromatic N) is 5. The Hall–Kier alpha value is -3.80. The lowest BCUT2D eigenvalue weighted by atomic mass is 10.1. The molecule has 0 bridgehead atoms. The zero-order valence-electron chi connectivity index (χ0n) is 18.3. The fourth-order valence-electron chi connectivity index (χ4n) is 4.32. The van der Waals surface area contributed by atoms with Crippen LogP contribution in [0.3, 0.4) is 0 Å². The molecule has 7 nitrogen and oxygen atoms in total. The molecular formula is C25H24FN6O+. The lowest BCUT2D eigenvalue weighted by Gasteiger charge is -2.32. The fourth-order valence-corrected chi connectivity index (χ4v) is 4.32. The largest absolute Gasteiger partial charge is 0.336 e. The molecule has 1 atom stereocenters. The first-order valence-corrected chi connectivity index (χ1v) is 10.9. The molecule has 1 fully saturated rings. The SMILES string of the molecule is CN1CCN(C(=O)c2ccc(N3C=CC4=NC=C(c5ccc(C#N)cc5F)[NH+]4C3)cc2)CC1. The number of nitriles is 1. The van der Waals surface area contributed by atoms with Gasteiger partial charge in [-0.3, -0.25) is 9.69 Å². The van der Waals surface area contributed by atoms with Crippen LogP contribution in [-0.2, 0) is 0 Å². The third-order valence-electron chi connectivity index (χ3n) is 6.33. The van der Waals surface area contributed by atoms with E-state index in [4.69, 9.17) is 5.26 Å². The number of nitrogens with one attached hydrogen (secondary N) is 1. The topological polar surface area (TPSA) is 67.4 Å². The van der Waals surface area contributed by atoms with Gasteiger partial charge in [0.05, 0.1) is 23.4 Å². The number of piperazine rings is 1. The Bertz CT molecular complexity index is 1220. The van der Waals surface area contributed by atoms with Crippen molar-refractivity contribution in [1.82, 2.24) is 9.80 Å². The average molecular weight is 444 g/mol. The van der Waals surface area contributed by atoms with Crippen LogP contribution in [0.4, 0.5) is 10.1 Å². The van der Waals surface area contributed by atoms with Crippen molar-refractivity contribution in [1.29, 1.82) is 5.26 Å². The number of hydrogen-bond acceptors (Lipinski definition) is 5. The van der Waals surface area contributed by atoms with Crippen LogP contribution < -0.4 is 9.80 Å². The van der Waals surface area contributed by atoms with Gasteiger partial charge in [-0.1, -0.05) is 0 Å². The van der Waals surface area contributed by atoms with Crippen LogP contribution in [0.5, 0.6) is 0 Å². The van der Waals surface area contributed by atoms with Crippen LogP contribution >= 0.6 is 0 Å². The molecule has 166 valence electrons. The van der Waals surface area contributed by atoms with Crippen molar-refractivity contribution in [2.45, 2.75) is 0 Å². The second-order valence-electron chi connectivity index (χ2n) is 8.43. The number of quaternary nitrogens is 1. The number of anilines is 1. The van der Waals surface area contributed by atoms with Crippen molar-refractivity contribution in [2.24, 2.45) is 4.99 Å². The Kier molecular flexibility index (Phi) is 5.50. The number of benzene rings is 2. The smallest absolute Gasteiger partial charge is 0.253 e. The van der Waals surface area contributed by atoms with Gasteiger partial charge in [-0.05, 0) is 49.5 Å². The van der Waals surface area contributed by atoms with E-state index in [1.165, 1.54) is 6.07 Å². The minimum absolute atomic E-state index is 0.0601. The van der Waals surface area contributed by atoms with E-state index in [-0.39, 0.29) is 11.5 Å². The van der Waals surface area contributed by atoms with Crippen molar-refractivity contribution in [2.75, 3.05) is 44.8 Å². The highest BCUT2D eigenvalue weighted by atomic mass is 19.1. The number of carbonyl (C=O) groups is 1. The first-order chi connectivity index (χ1) is 16.0. The number of hydrogen-bond donors (Lipinski definition) is 1. The lowest BCUT2D eigenvalue weighted by Crippen LogP contribution is -3.13. The summed E-state index contributed by atoms with van der Waals surface area (Å²) < 4.78 is 14.6. The summed E-state index contributed by atoms with van der Waals surface area (Å²) in [4.78, 5) is 24.4. The number of rotatable bonds is 3. The number of amides is 1. The van der Waals surface area contributed by atoms with E-state index in [9.17, 15) is 9.18 Å². The van der Waals surface area contributed by atoms with Crippen LogP contribution in [-0.4, -0.2) is 61.4 Å². The van der Waals surface area contributed by atoms with E-state index >= 15 is 0 Å². The molecule has 0 spiro atoms. The molecule has 3 heterocycles. The first-order valence-electron chi connectivity index (χ1n) is 10.9. The Labute approximate surface area is 191 Å². The molecular weight excluding hydrogens is 419 g/mol. The molecule has 0 aromatic heterocycles. The molecule has 2 aromatic carbocycles. The summed E-state index contributed by atoms with van der Waals surface area (Å²) >= 11 is 0. The zero-order valence-corrected chi connectivity index (χ0v) is 18.3. The summed E-state index contributed by atoms with van der Waals surface area (Å²) in [7, 11) is 2.07. The van der Waals surface area contributed by atoms with E-state index in [0.29, 0.717) is 17.8 Å². The molecule has 5 rings (SSSR count). The Balaban J connectivity index is 1.31. The van der Waals surface area contributed by atoms with Crippen LogP contribution in [0.25, 0.3) is 5.70 Å². The van der Waals surface area contributed by atoms with Gasteiger partial charge in [-0.25, -0.2) is 9.29 Å². The lowest BCUT2D eigenvalue weighted by molar-refractivity contribution is -0.719. The van der Waals surface area contributed by atoms with Gasteiger partial charge in [0.25, 0.3) is 5.91 Å². The van der Waals surface area contributed by atoms with Crippen molar-refractivity contribution in [3.63, 3.8) is 0 Å². The van der Waals surface area contributed by atoms with Crippen LogP contribution in [0, 0.1) is 17.1 Å². The zero-order chi connectivity index (χ0) is 22.9. The van der Waals surface area contributed by atoms with Gasteiger partial charge < -0.3 is 9.80 Å². The minimum atomic E-state index is -0.433. The van der Waals surface area contributed by atoms with Crippen LogP contribution in [0.2, 0.25) is 0 Å². The summed E-state index contributed by atoms with van der Waals surface area (Å²) in [6.07, 6.45) is 5.54. The summed E-state index contributed by atoms with van der Waals surface area (Å²) in [5.41, 5.74) is 3.08. The second-order valence-corrected chi connectivity index (χ2v) is 8.43. The number of fused-ring (bicyclic) bond motifs is 1. The summed E-state index contributed by atoms with van der Waals surface area (Å²) in [5, 5.41) is 9.00. The third-order valence-corrected chi connectivity index (χ3v) is 6.33. The van der Waals surface area contributed by atoms with Gasteiger partial charge in [-0.2, -0.15) is 10.3 Å². The monoisotopic (exact) mass is 443 g/mol. The third kappa shape index (κ3) is 4.04. The molecule has 0 saturated carbocycles. The van der Waals surface area contributed by atoms with E-state index in [0.717, 1.165) is 48.3 Å². The predicted octanol–water partition coefficient (Wildman–Crippen LogP) is 1.67. The summed E-state index contributed by atoms with van der Waals surface area (Å²) in [6.45, 7) is 3.80. The van der Waals surface area contributed by atoms with Crippen molar-refractivity contribution in [3.05, 3.63) is 83.4 Å². The van der Waals surface area contributed by atoms with E-state index in [1.807, 2.05) is 47.5 Å². The van der Waals surface area contributed by atoms with Gasteiger partial charge in [0.15, 0.2) is 12.4 Å². The van der Waals surface area contributed by atoms with Crippen LogP contribution in [0.1, 0.15) is 21.5 Å². The quantitative estimate of drug-likeness (QED) is 0.784. The van der Waals surface area contributed by atoms with Gasteiger partial charge >= 0.3 is 0 Å².